The number of methoxy groups -OCH3 is 1. The lowest BCUT2D eigenvalue weighted by Gasteiger charge is -2.11. The largest absolute Gasteiger partial charge is 0.497 e. The van der Waals surface area contributed by atoms with Crippen LogP contribution in [0, 0.1) is 12.7 Å². The Morgan fingerprint density at radius 2 is 1.94 bits per heavy atom. The molecule has 2 rings (SSSR count). The van der Waals surface area contributed by atoms with E-state index in [0.29, 0.717) is 17.0 Å². The number of nitrogens with two attached hydrogens (primary N) is 1. The molecule has 18 heavy (non-hydrogen) atoms. The second-order valence-corrected chi connectivity index (χ2v) is 4.04. The smallest absolute Gasteiger partial charge is 0.126 e. The highest BCUT2D eigenvalue weighted by Crippen LogP contribution is 2.27. The van der Waals surface area contributed by atoms with Crippen LogP contribution in [0.15, 0.2) is 36.4 Å². The summed E-state index contributed by atoms with van der Waals surface area (Å²) >= 11 is 0. The lowest BCUT2D eigenvalue weighted by Crippen LogP contribution is -1.97. The van der Waals surface area contributed by atoms with Gasteiger partial charge in [-0.1, -0.05) is 0 Å². The number of nitrogen functional groups attached to an aromatic ring is 1. The van der Waals surface area contributed by atoms with Crippen LogP contribution >= 0.6 is 0 Å². The molecule has 0 aromatic heterocycles. The zero-order valence-corrected chi connectivity index (χ0v) is 10.3. The topological polar surface area (TPSA) is 47.3 Å². The Labute approximate surface area is 105 Å². The third kappa shape index (κ3) is 2.53. The van der Waals surface area contributed by atoms with Crippen molar-refractivity contribution in [3.63, 3.8) is 0 Å². The quantitative estimate of drug-likeness (QED) is 0.815. The fourth-order valence-electron chi connectivity index (χ4n) is 1.66. The van der Waals surface area contributed by atoms with Crippen LogP contribution in [0.1, 0.15) is 5.56 Å². The van der Waals surface area contributed by atoms with Gasteiger partial charge in [-0.05, 0) is 42.8 Å². The SMILES string of the molecule is COc1ccc(Nc2ccc(F)c(C)c2)c(N)c1. The predicted octanol–water partition coefficient (Wildman–Crippen LogP) is 3.47. The van der Waals surface area contributed by atoms with Gasteiger partial charge in [-0.2, -0.15) is 0 Å². The molecule has 3 N–H and O–H groups in total. The lowest BCUT2D eigenvalue weighted by molar-refractivity contribution is 0.415. The summed E-state index contributed by atoms with van der Waals surface area (Å²) in [7, 11) is 1.59. The summed E-state index contributed by atoms with van der Waals surface area (Å²) in [5, 5.41) is 3.14. The van der Waals surface area contributed by atoms with Crippen molar-refractivity contribution in [2.24, 2.45) is 0 Å². The molecule has 0 spiro atoms. The molecule has 0 aliphatic heterocycles. The van der Waals surface area contributed by atoms with Crippen LogP contribution in [-0.4, -0.2) is 7.11 Å². The Balaban J connectivity index is 2.25. The minimum atomic E-state index is -0.219. The maximum atomic E-state index is 13.1. The first-order chi connectivity index (χ1) is 8.60. The van der Waals surface area contributed by atoms with Crippen molar-refractivity contribution in [1.29, 1.82) is 0 Å². The van der Waals surface area contributed by atoms with Gasteiger partial charge in [0.1, 0.15) is 11.6 Å². The molecule has 0 aliphatic carbocycles. The van der Waals surface area contributed by atoms with E-state index >= 15 is 0 Å². The van der Waals surface area contributed by atoms with E-state index in [-0.39, 0.29) is 5.82 Å². The van der Waals surface area contributed by atoms with Crippen molar-refractivity contribution >= 4 is 17.1 Å². The van der Waals surface area contributed by atoms with E-state index < -0.39 is 0 Å². The van der Waals surface area contributed by atoms with Crippen molar-refractivity contribution in [1.82, 2.24) is 0 Å². The average molecular weight is 246 g/mol. The second kappa shape index (κ2) is 4.96. The molecule has 0 saturated heterocycles. The highest BCUT2D eigenvalue weighted by molar-refractivity contribution is 5.74. The standard InChI is InChI=1S/C14H15FN2O/c1-9-7-10(3-5-12(9)15)17-14-6-4-11(18-2)8-13(14)16/h3-8,17H,16H2,1-2H3. The first-order valence-electron chi connectivity index (χ1n) is 5.57. The molecule has 0 atom stereocenters. The molecule has 0 radical (unpaired) electrons. The van der Waals surface area contributed by atoms with Gasteiger partial charge in [0.15, 0.2) is 0 Å². The first kappa shape index (κ1) is 12.2. The zero-order chi connectivity index (χ0) is 13.1. The Morgan fingerprint density at radius 1 is 1.17 bits per heavy atom. The number of aryl methyl sites for hydroxylation is 1. The normalized spacial score (nSPS) is 10.2. The number of anilines is 3. The van der Waals surface area contributed by atoms with Gasteiger partial charge in [0.25, 0.3) is 0 Å². The summed E-state index contributed by atoms with van der Waals surface area (Å²) in [6.45, 7) is 1.72. The van der Waals surface area contributed by atoms with Crippen molar-refractivity contribution < 1.29 is 9.13 Å². The maximum absolute atomic E-state index is 13.1. The Kier molecular flexibility index (Phi) is 3.37. The van der Waals surface area contributed by atoms with Crippen molar-refractivity contribution in [2.45, 2.75) is 6.92 Å². The van der Waals surface area contributed by atoms with Crippen LogP contribution in [0.3, 0.4) is 0 Å². The highest BCUT2D eigenvalue weighted by atomic mass is 19.1. The fraction of sp³-hybridized carbons (Fsp3) is 0.143. The molecule has 0 aliphatic rings. The van der Waals surface area contributed by atoms with Crippen LogP contribution < -0.4 is 15.8 Å². The number of halogens is 1. The maximum Gasteiger partial charge on any atom is 0.126 e. The summed E-state index contributed by atoms with van der Waals surface area (Å²) in [6, 6.07) is 10.2. The van der Waals surface area contributed by atoms with Gasteiger partial charge in [-0.25, -0.2) is 4.39 Å². The van der Waals surface area contributed by atoms with E-state index in [1.807, 2.05) is 12.1 Å². The molecule has 0 fully saturated rings. The van der Waals surface area contributed by atoms with E-state index in [9.17, 15) is 4.39 Å². The number of hydrogen-bond acceptors (Lipinski definition) is 3. The van der Waals surface area contributed by atoms with Gasteiger partial charge < -0.3 is 15.8 Å². The van der Waals surface area contributed by atoms with Gasteiger partial charge in [0, 0.05) is 11.8 Å². The number of hydrogen-bond donors (Lipinski definition) is 2. The third-order valence-electron chi connectivity index (χ3n) is 2.70. The molecule has 94 valence electrons. The van der Waals surface area contributed by atoms with Gasteiger partial charge in [0.2, 0.25) is 0 Å². The van der Waals surface area contributed by atoms with Crippen LogP contribution in [0.2, 0.25) is 0 Å². The summed E-state index contributed by atoms with van der Waals surface area (Å²) in [6.07, 6.45) is 0. The van der Waals surface area contributed by atoms with Crippen molar-refractivity contribution in [3.05, 3.63) is 47.8 Å². The molecule has 0 saturated carbocycles. The summed E-state index contributed by atoms with van der Waals surface area (Å²) in [4.78, 5) is 0. The molecular weight excluding hydrogens is 231 g/mol. The fourth-order valence-corrected chi connectivity index (χ4v) is 1.66. The number of benzene rings is 2. The first-order valence-corrected chi connectivity index (χ1v) is 5.57. The average Bonchev–Trinajstić information content (AvgIpc) is 2.36. The Morgan fingerprint density at radius 3 is 2.56 bits per heavy atom. The van der Waals surface area contributed by atoms with E-state index in [2.05, 4.69) is 5.32 Å². The number of rotatable bonds is 3. The van der Waals surface area contributed by atoms with Crippen LogP contribution in [0.5, 0.6) is 5.75 Å². The van der Waals surface area contributed by atoms with Crippen molar-refractivity contribution in [2.75, 3.05) is 18.2 Å². The van der Waals surface area contributed by atoms with E-state index in [4.69, 9.17) is 10.5 Å². The molecule has 2 aromatic rings. The molecule has 0 amide bonds. The van der Waals surface area contributed by atoms with E-state index in [1.54, 1.807) is 32.2 Å². The zero-order valence-electron chi connectivity index (χ0n) is 10.3. The summed E-state index contributed by atoms with van der Waals surface area (Å²) in [5.74, 6) is 0.483. The predicted molar refractivity (Wildman–Crippen MR) is 71.8 cm³/mol. The molecule has 2 aromatic carbocycles. The Hall–Kier alpha value is -2.23. The van der Waals surface area contributed by atoms with Crippen LogP contribution in [-0.2, 0) is 0 Å². The second-order valence-electron chi connectivity index (χ2n) is 4.04. The summed E-state index contributed by atoms with van der Waals surface area (Å²) in [5.41, 5.74) is 8.63. The van der Waals surface area contributed by atoms with Crippen molar-refractivity contribution in [3.8, 4) is 5.75 Å². The van der Waals surface area contributed by atoms with Crippen LogP contribution in [0.25, 0.3) is 0 Å². The number of nitrogens with one attached hydrogen (secondary N) is 1. The van der Waals surface area contributed by atoms with Gasteiger partial charge in [-0.3, -0.25) is 0 Å². The minimum absolute atomic E-state index is 0.219. The summed E-state index contributed by atoms with van der Waals surface area (Å²) < 4.78 is 18.2. The number of ether oxygens (including phenoxy) is 1. The monoisotopic (exact) mass is 246 g/mol. The van der Waals surface area contributed by atoms with Gasteiger partial charge >= 0.3 is 0 Å². The molecular formula is C14H15FN2O. The van der Waals surface area contributed by atoms with Gasteiger partial charge in [0.05, 0.1) is 18.5 Å². The third-order valence-corrected chi connectivity index (χ3v) is 2.70. The lowest BCUT2D eigenvalue weighted by atomic mass is 10.2. The molecule has 4 heteroatoms. The molecule has 0 heterocycles. The van der Waals surface area contributed by atoms with Crippen LogP contribution in [0.4, 0.5) is 21.5 Å². The molecule has 0 bridgehead atoms. The molecule has 3 nitrogen and oxygen atoms in total. The molecule has 0 unspecified atom stereocenters. The van der Waals surface area contributed by atoms with E-state index in [1.165, 1.54) is 6.07 Å². The highest BCUT2D eigenvalue weighted by Gasteiger charge is 2.03. The van der Waals surface area contributed by atoms with E-state index in [0.717, 1.165) is 11.4 Å². The Bertz CT molecular complexity index is 570. The minimum Gasteiger partial charge on any atom is -0.497 e. The van der Waals surface area contributed by atoms with Gasteiger partial charge in [-0.15, -0.1) is 0 Å².